The van der Waals surface area contributed by atoms with Crippen molar-refractivity contribution in [2.24, 2.45) is 0 Å². The van der Waals surface area contributed by atoms with E-state index in [0.717, 1.165) is 5.56 Å². The second kappa shape index (κ2) is 5.94. The quantitative estimate of drug-likeness (QED) is 0.885. The zero-order chi connectivity index (χ0) is 12.1. The van der Waals surface area contributed by atoms with Crippen LogP contribution in [0.15, 0.2) is 34.8 Å². The smallest absolute Gasteiger partial charge is 0.161 e. The van der Waals surface area contributed by atoms with E-state index in [1.165, 1.54) is 6.92 Å². The summed E-state index contributed by atoms with van der Waals surface area (Å²) in [5.41, 5.74) is 0.879. The van der Waals surface area contributed by atoms with Crippen molar-refractivity contribution in [3.8, 4) is 0 Å². The minimum absolute atomic E-state index is 0.376. The normalized spacial score (nSPS) is 15.6. The van der Waals surface area contributed by atoms with E-state index in [1.54, 1.807) is 6.08 Å². The lowest BCUT2D eigenvalue weighted by Gasteiger charge is -2.14. The summed E-state index contributed by atoms with van der Waals surface area (Å²) in [5, 5.41) is 19.0. The van der Waals surface area contributed by atoms with Crippen LogP contribution in [0, 0.1) is 0 Å². The van der Waals surface area contributed by atoms with Gasteiger partial charge in [-0.2, -0.15) is 0 Å². The van der Waals surface area contributed by atoms with Crippen LogP contribution in [0.25, 0.3) is 6.08 Å². The SMILES string of the molecule is CC(=O)C(O)C(O)/C(Br)=C/c1ccccc1. The highest BCUT2D eigenvalue weighted by Crippen LogP contribution is 2.18. The van der Waals surface area contributed by atoms with Gasteiger partial charge in [0.25, 0.3) is 0 Å². The largest absolute Gasteiger partial charge is 0.385 e. The molecule has 0 amide bonds. The molecule has 0 heterocycles. The fraction of sp³-hybridized carbons (Fsp3) is 0.250. The van der Waals surface area contributed by atoms with Crippen molar-refractivity contribution < 1.29 is 15.0 Å². The van der Waals surface area contributed by atoms with E-state index in [1.807, 2.05) is 30.3 Å². The van der Waals surface area contributed by atoms with Crippen LogP contribution in [-0.4, -0.2) is 28.2 Å². The van der Waals surface area contributed by atoms with Crippen LogP contribution in [0.5, 0.6) is 0 Å². The summed E-state index contributed by atoms with van der Waals surface area (Å²) in [4.78, 5) is 10.9. The summed E-state index contributed by atoms with van der Waals surface area (Å²) < 4.78 is 0.376. The molecule has 0 saturated heterocycles. The van der Waals surface area contributed by atoms with Gasteiger partial charge in [0.05, 0.1) is 0 Å². The number of ketones is 1. The fourth-order valence-electron chi connectivity index (χ4n) is 1.17. The molecule has 1 aromatic carbocycles. The van der Waals surface area contributed by atoms with Gasteiger partial charge in [-0.25, -0.2) is 0 Å². The van der Waals surface area contributed by atoms with Gasteiger partial charge >= 0.3 is 0 Å². The van der Waals surface area contributed by atoms with E-state index in [2.05, 4.69) is 15.9 Å². The Kier molecular flexibility index (Phi) is 4.86. The predicted molar refractivity (Wildman–Crippen MR) is 66.0 cm³/mol. The van der Waals surface area contributed by atoms with Crippen LogP contribution >= 0.6 is 15.9 Å². The monoisotopic (exact) mass is 284 g/mol. The summed E-state index contributed by atoms with van der Waals surface area (Å²) in [6.45, 7) is 1.23. The number of benzene rings is 1. The molecule has 16 heavy (non-hydrogen) atoms. The van der Waals surface area contributed by atoms with Crippen molar-refractivity contribution in [3.05, 3.63) is 40.4 Å². The van der Waals surface area contributed by atoms with Crippen molar-refractivity contribution in [2.45, 2.75) is 19.1 Å². The maximum absolute atomic E-state index is 10.9. The molecular formula is C12H13BrO3. The molecule has 0 fully saturated rings. The van der Waals surface area contributed by atoms with Crippen molar-refractivity contribution >= 4 is 27.8 Å². The van der Waals surface area contributed by atoms with Gasteiger partial charge in [0.1, 0.15) is 12.2 Å². The van der Waals surface area contributed by atoms with E-state index in [4.69, 9.17) is 0 Å². The van der Waals surface area contributed by atoms with Crippen LogP contribution in [0.3, 0.4) is 0 Å². The number of carbonyl (C=O) groups is 1. The van der Waals surface area contributed by atoms with Crippen molar-refractivity contribution in [1.29, 1.82) is 0 Å². The predicted octanol–water partition coefficient (Wildman–Crippen LogP) is 1.73. The first-order chi connectivity index (χ1) is 7.52. The van der Waals surface area contributed by atoms with Crippen molar-refractivity contribution in [1.82, 2.24) is 0 Å². The Morgan fingerprint density at radius 2 is 1.81 bits per heavy atom. The first kappa shape index (κ1) is 13.1. The van der Waals surface area contributed by atoms with Crippen molar-refractivity contribution in [3.63, 3.8) is 0 Å². The molecule has 1 aromatic rings. The third-order valence-corrected chi connectivity index (χ3v) is 2.80. The molecule has 0 aliphatic heterocycles. The average Bonchev–Trinajstić information content (AvgIpc) is 2.28. The number of hydrogen-bond donors (Lipinski definition) is 2. The molecule has 0 spiro atoms. The average molecular weight is 285 g/mol. The Bertz CT molecular complexity index is 387. The fourth-order valence-corrected chi connectivity index (χ4v) is 1.68. The molecule has 0 aliphatic carbocycles. The summed E-state index contributed by atoms with van der Waals surface area (Å²) in [7, 11) is 0. The molecule has 3 nitrogen and oxygen atoms in total. The Morgan fingerprint density at radius 3 is 2.31 bits per heavy atom. The highest BCUT2D eigenvalue weighted by Gasteiger charge is 2.22. The number of carbonyl (C=O) groups excluding carboxylic acids is 1. The Morgan fingerprint density at radius 1 is 1.25 bits per heavy atom. The molecule has 0 aliphatic rings. The minimum atomic E-state index is -1.39. The van der Waals surface area contributed by atoms with E-state index in [-0.39, 0.29) is 0 Å². The molecular weight excluding hydrogens is 272 g/mol. The lowest BCUT2D eigenvalue weighted by atomic mass is 10.1. The van der Waals surface area contributed by atoms with E-state index < -0.39 is 18.0 Å². The summed E-state index contributed by atoms with van der Waals surface area (Å²) in [6, 6.07) is 9.31. The highest BCUT2D eigenvalue weighted by atomic mass is 79.9. The molecule has 4 heteroatoms. The highest BCUT2D eigenvalue weighted by molar-refractivity contribution is 9.11. The maximum atomic E-state index is 10.9. The van der Waals surface area contributed by atoms with E-state index >= 15 is 0 Å². The molecule has 0 bridgehead atoms. The lowest BCUT2D eigenvalue weighted by Crippen LogP contribution is -2.32. The third-order valence-electron chi connectivity index (χ3n) is 2.10. The maximum Gasteiger partial charge on any atom is 0.161 e. The second-order valence-electron chi connectivity index (χ2n) is 3.44. The van der Waals surface area contributed by atoms with Gasteiger partial charge in [-0.15, -0.1) is 0 Å². The summed E-state index contributed by atoms with van der Waals surface area (Å²) in [6.07, 6.45) is -0.955. The van der Waals surface area contributed by atoms with Gasteiger partial charge in [0, 0.05) is 4.48 Å². The molecule has 0 aromatic heterocycles. The van der Waals surface area contributed by atoms with Gasteiger partial charge < -0.3 is 10.2 Å². The third kappa shape index (κ3) is 3.56. The van der Waals surface area contributed by atoms with Gasteiger partial charge in [-0.05, 0) is 18.6 Å². The summed E-state index contributed by atoms with van der Waals surface area (Å²) >= 11 is 3.15. The number of Topliss-reactive ketones (excluding diaryl/α,β-unsaturated/α-hetero) is 1. The standard InChI is InChI=1S/C12H13BrO3/c1-8(14)11(15)12(16)10(13)7-9-5-3-2-4-6-9/h2-7,11-12,15-16H,1H3/b10-7-. The molecule has 2 atom stereocenters. The van der Waals surface area contributed by atoms with Crippen molar-refractivity contribution in [2.75, 3.05) is 0 Å². The zero-order valence-electron chi connectivity index (χ0n) is 8.80. The lowest BCUT2D eigenvalue weighted by molar-refractivity contribution is -0.128. The number of aliphatic hydroxyl groups is 2. The van der Waals surface area contributed by atoms with E-state index in [9.17, 15) is 15.0 Å². The topological polar surface area (TPSA) is 57.5 Å². The Hall–Kier alpha value is -0.970. The van der Waals surface area contributed by atoms with Crippen LogP contribution in [-0.2, 0) is 4.79 Å². The summed E-state index contributed by atoms with van der Waals surface area (Å²) in [5.74, 6) is -0.467. The number of rotatable bonds is 4. The van der Waals surface area contributed by atoms with Gasteiger partial charge in [-0.1, -0.05) is 46.3 Å². The number of hydrogen-bond acceptors (Lipinski definition) is 3. The Balaban J connectivity index is 2.82. The molecule has 1 rings (SSSR count). The van der Waals surface area contributed by atoms with Crippen LogP contribution in [0.1, 0.15) is 12.5 Å². The number of aliphatic hydroxyl groups excluding tert-OH is 2. The zero-order valence-corrected chi connectivity index (χ0v) is 10.4. The van der Waals surface area contributed by atoms with Crippen LogP contribution in [0.2, 0.25) is 0 Å². The second-order valence-corrected chi connectivity index (χ2v) is 4.36. The molecule has 0 radical (unpaired) electrons. The van der Waals surface area contributed by atoms with Gasteiger partial charge in [0.15, 0.2) is 5.78 Å². The molecule has 86 valence electrons. The van der Waals surface area contributed by atoms with Gasteiger partial charge in [-0.3, -0.25) is 4.79 Å². The minimum Gasteiger partial charge on any atom is -0.385 e. The van der Waals surface area contributed by atoms with Crippen LogP contribution < -0.4 is 0 Å². The van der Waals surface area contributed by atoms with E-state index in [0.29, 0.717) is 4.48 Å². The molecule has 0 saturated carbocycles. The molecule has 2 unspecified atom stereocenters. The first-order valence-electron chi connectivity index (χ1n) is 4.81. The number of halogens is 1. The van der Waals surface area contributed by atoms with Crippen LogP contribution in [0.4, 0.5) is 0 Å². The Labute approximate surface area is 103 Å². The van der Waals surface area contributed by atoms with Gasteiger partial charge in [0.2, 0.25) is 0 Å². The molecule has 2 N–H and O–H groups in total. The first-order valence-corrected chi connectivity index (χ1v) is 5.60.